The van der Waals surface area contributed by atoms with E-state index < -0.39 is 9.84 Å². The van der Waals surface area contributed by atoms with Crippen LogP contribution in [-0.2, 0) is 15.3 Å². The van der Waals surface area contributed by atoms with Crippen molar-refractivity contribution in [3.05, 3.63) is 35.4 Å². The van der Waals surface area contributed by atoms with E-state index in [-0.39, 0.29) is 34.0 Å². The molecule has 1 atom stereocenters. The number of hydrogen-bond acceptors (Lipinski definition) is 4. The first-order valence-corrected chi connectivity index (χ1v) is 9.73. The minimum Gasteiger partial charge on any atom is -0.359 e. The van der Waals surface area contributed by atoms with Crippen LogP contribution in [0.4, 0.5) is 0 Å². The first kappa shape index (κ1) is 17.9. The highest BCUT2D eigenvalue weighted by Gasteiger charge is 2.28. The summed E-state index contributed by atoms with van der Waals surface area (Å²) < 4.78 is 22.8. The van der Waals surface area contributed by atoms with Crippen LogP contribution in [0.3, 0.4) is 0 Å². The van der Waals surface area contributed by atoms with Gasteiger partial charge in [0.2, 0.25) is 0 Å². The molecule has 23 heavy (non-hydrogen) atoms. The molecule has 2 N–H and O–H groups in total. The molecule has 1 aliphatic rings. The van der Waals surface area contributed by atoms with Crippen molar-refractivity contribution in [2.75, 3.05) is 11.5 Å². The van der Waals surface area contributed by atoms with Gasteiger partial charge in [0.25, 0.3) is 5.91 Å². The van der Waals surface area contributed by atoms with E-state index in [0.29, 0.717) is 12.0 Å². The van der Waals surface area contributed by atoms with Crippen LogP contribution in [0.2, 0.25) is 0 Å². The maximum Gasteiger partial charge on any atom is 0.257 e. The highest BCUT2D eigenvalue weighted by Crippen LogP contribution is 2.22. The molecule has 5 nitrogen and oxygen atoms in total. The molecule has 1 aromatic carbocycles. The number of benzene rings is 1. The molecule has 1 heterocycles. The predicted octanol–water partition coefficient (Wildman–Crippen LogP) is 1.78. The quantitative estimate of drug-likeness (QED) is 0.792. The molecule has 0 bridgehead atoms. The zero-order valence-corrected chi connectivity index (χ0v) is 15.2. The molecule has 1 saturated heterocycles. The molecule has 126 valence electrons. The van der Waals surface area contributed by atoms with Crippen molar-refractivity contribution in [1.82, 2.24) is 10.6 Å². The Kier molecular flexibility index (Phi) is 5.10. The molecular formula is C16H22N2O3S2. The predicted molar refractivity (Wildman–Crippen MR) is 95.4 cm³/mol. The largest absolute Gasteiger partial charge is 0.359 e. The summed E-state index contributed by atoms with van der Waals surface area (Å²) in [6.07, 6.45) is 0.513. The van der Waals surface area contributed by atoms with Gasteiger partial charge in [-0.3, -0.25) is 10.1 Å². The number of rotatable bonds is 2. The molecule has 1 aromatic rings. The number of hydrogen-bond donors (Lipinski definition) is 2. The van der Waals surface area contributed by atoms with E-state index >= 15 is 0 Å². The zero-order valence-electron chi connectivity index (χ0n) is 13.5. The second-order valence-corrected chi connectivity index (χ2v) is 9.49. The molecule has 7 heteroatoms. The smallest absolute Gasteiger partial charge is 0.257 e. The molecular weight excluding hydrogens is 332 g/mol. The van der Waals surface area contributed by atoms with Gasteiger partial charge in [-0.1, -0.05) is 32.9 Å². The van der Waals surface area contributed by atoms with Crippen molar-refractivity contribution in [3.8, 4) is 0 Å². The number of thiocarbonyl (C=S) groups is 1. The van der Waals surface area contributed by atoms with Gasteiger partial charge in [0.1, 0.15) is 0 Å². The van der Waals surface area contributed by atoms with Gasteiger partial charge in [-0.25, -0.2) is 8.42 Å². The second-order valence-electron chi connectivity index (χ2n) is 6.85. The summed E-state index contributed by atoms with van der Waals surface area (Å²) in [5, 5.41) is 5.65. The molecule has 1 aliphatic heterocycles. The Morgan fingerprint density at radius 2 is 1.83 bits per heavy atom. The van der Waals surface area contributed by atoms with Crippen molar-refractivity contribution in [2.24, 2.45) is 0 Å². The molecule has 1 unspecified atom stereocenters. The summed E-state index contributed by atoms with van der Waals surface area (Å²) in [5.74, 6) is -0.0810. The topological polar surface area (TPSA) is 75.3 Å². The lowest BCUT2D eigenvalue weighted by Crippen LogP contribution is -2.44. The van der Waals surface area contributed by atoms with Gasteiger partial charge in [-0.15, -0.1) is 0 Å². The van der Waals surface area contributed by atoms with Crippen molar-refractivity contribution < 1.29 is 13.2 Å². The summed E-state index contributed by atoms with van der Waals surface area (Å²) >= 11 is 5.09. The summed E-state index contributed by atoms with van der Waals surface area (Å²) in [4.78, 5) is 12.2. The van der Waals surface area contributed by atoms with Gasteiger partial charge < -0.3 is 5.32 Å². The Morgan fingerprint density at radius 1 is 1.22 bits per heavy atom. The lowest BCUT2D eigenvalue weighted by atomic mass is 9.87. The number of carbonyl (C=O) groups is 1. The standard InChI is InChI=1S/C16H22N2O3S2/c1-16(2,3)12-6-4-11(5-7-12)14(19)18-15(22)17-13-8-9-23(20,21)10-13/h4-7,13H,8-10H2,1-3H3,(H2,17,18,19,22). The van der Waals surface area contributed by atoms with Crippen LogP contribution in [0.1, 0.15) is 43.1 Å². The van der Waals surface area contributed by atoms with E-state index in [4.69, 9.17) is 12.2 Å². The Morgan fingerprint density at radius 3 is 2.30 bits per heavy atom. The van der Waals surface area contributed by atoms with E-state index in [1.807, 2.05) is 12.1 Å². The number of amides is 1. The number of sulfone groups is 1. The Balaban J connectivity index is 1.92. The van der Waals surface area contributed by atoms with Gasteiger partial charge in [0.05, 0.1) is 11.5 Å². The molecule has 1 fully saturated rings. The maximum absolute atomic E-state index is 12.2. The average Bonchev–Trinajstić information content (AvgIpc) is 2.76. The third kappa shape index (κ3) is 5.00. The first-order valence-electron chi connectivity index (χ1n) is 7.50. The van der Waals surface area contributed by atoms with Crippen LogP contribution in [0, 0.1) is 0 Å². The van der Waals surface area contributed by atoms with Crippen molar-refractivity contribution >= 4 is 33.1 Å². The van der Waals surface area contributed by atoms with Gasteiger partial charge >= 0.3 is 0 Å². The normalized spacial score (nSPS) is 20.0. The van der Waals surface area contributed by atoms with Crippen LogP contribution in [0.15, 0.2) is 24.3 Å². The van der Waals surface area contributed by atoms with Crippen LogP contribution >= 0.6 is 12.2 Å². The maximum atomic E-state index is 12.2. The Hall–Kier alpha value is -1.47. The SMILES string of the molecule is CC(C)(C)c1ccc(C(=O)NC(=S)NC2CCS(=O)(=O)C2)cc1. The molecule has 0 saturated carbocycles. The zero-order chi connectivity index (χ0) is 17.3. The minimum absolute atomic E-state index is 0.0276. The van der Waals surface area contributed by atoms with Crippen molar-refractivity contribution in [3.63, 3.8) is 0 Å². The van der Waals surface area contributed by atoms with Gasteiger partial charge in [-0.2, -0.15) is 0 Å². The minimum atomic E-state index is -2.98. The first-order chi connectivity index (χ1) is 10.6. The van der Waals surface area contributed by atoms with Crippen LogP contribution in [0.5, 0.6) is 0 Å². The highest BCUT2D eigenvalue weighted by molar-refractivity contribution is 7.91. The van der Waals surface area contributed by atoms with Gasteiger partial charge in [0.15, 0.2) is 14.9 Å². The van der Waals surface area contributed by atoms with Crippen molar-refractivity contribution in [2.45, 2.75) is 38.6 Å². The van der Waals surface area contributed by atoms with Crippen LogP contribution in [-0.4, -0.2) is 37.0 Å². The fraction of sp³-hybridized carbons (Fsp3) is 0.500. The summed E-state index contributed by atoms with van der Waals surface area (Å²) in [6.45, 7) is 6.32. The highest BCUT2D eigenvalue weighted by atomic mass is 32.2. The number of carbonyl (C=O) groups excluding carboxylic acids is 1. The third-order valence-electron chi connectivity index (χ3n) is 3.81. The molecule has 0 radical (unpaired) electrons. The lowest BCUT2D eigenvalue weighted by molar-refractivity contribution is 0.0976. The molecule has 0 aromatic heterocycles. The van der Waals surface area contributed by atoms with Crippen LogP contribution < -0.4 is 10.6 Å². The summed E-state index contributed by atoms with van der Waals surface area (Å²) in [5.41, 5.74) is 1.69. The summed E-state index contributed by atoms with van der Waals surface area (Å²) in [6, 6.07) is 7.15. The third-order valence-corrected chi connectivity index (χ3v) is 5.80. The molecule has 1 amide bonds. The molecule has 2 rings (SSSR count). The van der Waals surface area contributed by atoms with E-state index in [0.717, 1.165) is 5.56 Å². The van der Waals surface area contributed by atoms with E-state index in [2.05, 4.69) is 31.4 Å². The lowest BCUT2D eigenvalue weighted by Gasteiger charge is -2.19. The van der Waals surface area contributed by atoms with Gasteiger partial charge in [-0.05, 0) is 41.7 Å². The Labute approximate surface area is 142 Å². The van der Waals surface area contributed by atoms with Gasteiger partial charge in [0, 0.05) is 11.6 Å². The van der Waals surface area contributed by atoms with E-state index in [9.17, 15) is 13.2 Å². The fourth-order valence-electron chi connectivity index (χ4n) is 2.43. The Bertz CT molecular complexity index is 704. The average molecular weight is 354 g/mol. The summed E-state index contributed by atoms with van der Waals surface area (Å²) in [7, 11) is -2.98. The monoisotopic (exact) mass is 354 g/mol. The van der Waals surface area contributed by atoms with Crippen LogP contribution in [0.25, 0.3) is 0 Å². The fourth-order valence-corrected chi connectivity index (χ4v) is 4.36. The van der Waals surface area contributed by atoms with Crippen molar-refractivity contribution in [1.29, 1.82) is 0 Å². The van der Waals surface area contributed by atoms with E-state index in [1.54, 1.807) is 12.1 Å². The molecule has 0 spiro atoms. The van der Waals surface area contributed by atoms with E-state index in [1.165, 1.54) is 0 Å². The molecule has 0 aliphatic carbocycles. The second kappa shape index (κ2) is 6.57. The number of nitrogens with one attached hydrogen (secondary N) is 2.